The van der Waals surface area contributed by atoms with E-state index in [9.17, 15) is 5.11 Å². The number of anilines is 1. The van der Waals surface area contributed by atoms with E-state index in [0.29, 0.717) is 19.1 Å². The second-order valence-electron chi connectivity index (χ2n) is 6.97. The first-order valence-electron chi connectivity index (χ1n) is 9.12. The van der Waals surface area contributed by atoms with Crippen LogP contribution in [-0.2, 0) is 6.54 Å². The van der Waals surface area contributed by atoms with Crippen LogP contribution in [0, 0.1) is 0 Å². The molecule has 1 aliphatic carbocycles. The highest BCUT2D eigenvalue weighted by molar-refractivity contribution is 5.78. The topological polar surface area (TPSA) is 67.9 Å². The van der Waals surface area contributed by atoms with Crippen molar-refractivity contribution in [2.45, 2.75) is 51.3 Å². The van der Waals surface area contributed by atoms with Gasteiger partial charge in [0.2, 0.25) is 5.95 Å². The van der Waals surface area contributed by atoms with Crippen LogP contribution < -0.4 is 5.32 Å². The van der Waals surface area contributed by atoms with Crippen molar-refractivity contribution in [3.8, 4) is 0 Å². The van der Waals surface area contributed by atoms with E-state index in [1.807, 2.05) is 18.2 Å². The predicted octanol–water partition coefficient (Wildman–Crippen LogP) is 3.19. The molecule has 1 saturated carbocycles. The summed E-state index contributed by atoms with van der Waals surface area (Å²) in [5.41, 5.74) is 3.06. The molecule has 1 atom stereocenters. The van der Waals surface area contributed by atoms with Crippen molar-refractivity contribution in [1.29, 1.82) is 0 Å². The third-order valence-corrected chi connectivity index (χ3v) is 4.89. The Labute approximate surface area is 147 Å². The molecule has 0 unspecified atom stereocenters. The van der Waals surface area contributed by atoms with Crippen LogP contribution >= 0.6 is 0 Å². The number of fused-ring (bicyclic) bond motifs is 1. The molecule has 2 N–H and O–H groups in total. The number of hydrogen-bond donors (Lipinski definition) is 2. The third-order valence-electron chi connectivity index (χ3n) is 4.89. The zero-order valence-corrected chi connectivity index (χ0v) is 14.6. The highest BCUT2D eigenvalue weighted by Gasteiger charge is 2.18. The van der Waals surface area contributed by atoms with Crippen LogP contribution in [0.3, 0.4) is 0 Å². The normalized spacial score (nSPS) is 16.6. The molecule has 0 amide bonds. The zero-order valence-electron chi connectivity index (χ0n) is 14.6. The number of nitrogens with one attached hydrogen (secondary N) is 1. The lowest BCUT2D eigenvalue weighted by molar-refractivity contribution is 0.208. The van der Waals surface area contributed by atoms with Gasteiger partial charge in [-0.2, -0.15) is 5.10 Å². The first kappa shape index (κ1) is 16.1. The van der Waals surface area contributed by atoms with E-state index in [1.165, 1.54) is 25.7 Å². The van der Waals surface area contributed by atoms with Crippen molar-refractivity contribution in [2.75, 3.05) is 11.9 Å². The molecule has 1 aromatic carbocycles. The second-order valence-corrected chi connectivity index (χ2v) is 6.97. The Hall–Kier alpha value is -2.34. The second kappa shape index (κ2) is 6.88. The first-order chi connectivity index (χ1) is 12.2. The molecule has 132 valence electrons. The molecule has 0 saturated heterocycles. The fraction of sp³-hybridized carbons (Fsp3) is 0.474. The molecule has 25 heavy (non-hydrogen) atoms. The Kier molecular flexibility index (Phi) is 4.44. The number of para-hydroxylation sites is 2. The molecule has 2 aromatic heterocycles. The average molecular weight is 339 g/mol. The summed E-state index contributed by atoms with van der Waals surface area (Å²) in [6, 6.07) is 10.8. The largest absolute Gasteiger partial charge is 0.392 e. The van der Waals surface area contributed by atoms with Crippen molar-refractivity contribution >= 4 is 17.0 Å². The van der Waals surface area contributed by atoms with Crippen LogP contribution in [0.4, 0.5) is 5.95 Å². The number of hydrogen-bond acceptors (Lipinski definition) is 4. The van der Waals surface area contributed by atoms with Crippen LogP contribution in [0.25, 0.3) is 11.0 Å². The minimum absolute atomic E-state index is 0.421. The quantitative estimate of drug-likeness (QED) is 0.724. The summed E-state index contributed by atoms with van der Waals surface area (Å²) in [6.45, 7) is 2.91. The van der Waals surface area contributed by atoms with Crippen LogP contribution in [0.15, 0.2) is 36.5 Å². The van der Waals surface area contributed by atoms with Gasteiger partial charge in [-0.05, 0) is 38.0 Å². The highest BCUT2D eigenvalue weighted by Crippen LogP contribution is 2.29. The van der Waals surface area contributed by atoms with Gasteiger partial charge in [0, 0.05) is 12.7 Å². The number of rotatable bonds is 6. The monoisotopic (exact) mass is 339 g/mol. The van der Waals surface area contributed by atoms with Crippen molar-refractivity contribution in [2.24, 2.45) is 0 Å². The Balaban J connectivity index is 1.62. The fourth-order valence-electron chi connectivity index (χ4n) is 3.61. The highest BCUT2D eigenvalue weighted by atomic mass is 16.3. The molecular weight excluding hydrogens is 314 g/mol. The Morgan fingerprint density at radius 1 is 1.24 bits per heavy atom. The van der Waals surface area contributed by atoms with Gasteiger partial charge >= 0.3 is 0 Å². The van der Waals surface area contributed by atoms with E-state index in [-0.39, 0.29) is 0 Å². The van der Waals surface area contributed by atoms with E-state index < -0.39 is 6.10 Å². The van der Waals surface area contributed by atoms with Gasteiger partial charge in [0.1, 0.15) is 0 Å². The molecule has 6 heteroatoms. The van der Waals surface area contributed by atoms with Crippen molar-refractivity contribution in [3.05, 3.63) is 42.2 Å². The van der Waals surface area contributed by atoms with Gasteiger partial charge in [-0.3, -0.25) is 4.68 Å². The number of aromatic nitrogens is 4. The summed E-state index contributed by atoms with van der Waals surface area (Å²) in [6.07, 6.45) is 6.76. The molecule has 4 rings (SSSR count). The van der Waals surface area contributed by atoms with Gasteiger partial charge in [0.05, 0.1) is 35.4 Å². The van der Waals surface area contributed by atoms with E-state index in [4.69, 9.17) is 5.10 Å². The van der Waals surface area contributed by atoms with E-state index in [1.54, 1.807) is 6.92 Å². The van der Waals surface area contributed by atoms with Gasteiger partial charge in [-0.1, -0.05) is 25.0 Å². The lowest BCUT2D eigenvalue weighted by Gasteiger charge is -2.11. The third kappa shape index (κ3) is 3.39. The molecule has 6 nitrogen and oxygen atoms in total. The van der Waals surface area contributed by atoms with Gasteiger partial charge in [-0.25, -0.2) is 4.98 Å². The standard InChI is InChI=1S/C19H25N5O/c1-14(25)12-20-19-21-17-8-4-5-9-18(17)23(19)13-15-10-11-24(22-15)16-6-2-3-7-16/h4-5,8-11,14,16,25H,2-3,6-7,12-13H2,1H3,(H,20,21)/t14-/m0/s1. The van der Waals surface area contributed by atoms with Crippen LogP contribution in [0.5, 0.6) is 0 Å². The maximum Gasteiger partial charge on any atom is 0.204 e. The maximum absolute atomic E-state index is 9.58. The lowest BCUT2D eigenvalue weighted by atomic mass is 10.3. The summed E-state index contributed by atoms with van der Waals surface area (Å²) in [5, 5.41) is 17.6. The van der Waals surface area contributed by atoms with Gasteiger partial charge in [-0.15, -0.1) is 0 Å². The van der Waals surface area contributed by atoms with Gasteiger partial charge in [0.25, 0.3) is 0 Å². The minimum Gasteiger partial charge on any atom is -0.392 e. The average Bonchev–Trinajstić information content (AvgIpc) is 3.33. The summed E-state index contributed by atoms with van der Waals surface area (Å²) < 4.78 is 4.27. The van der Waals surface area contributed by atoms with Crippen molar-refractivity contribution in [3.63, 3.8) is 0 Å². The van der Waals surface area contributed by atoms with Crippen molar-refractivity contribution < 1.29 is 5.11 Å². The molecule has 0 radical (unpaired) electrons. The molecule has 1 aliphatic rings. The SMILES string of the molecule is C[C@H](O)CNc1nc2ccccc2n1Cc1ccn(C2CCCC2)n1. The summed E-state index contributed by atoms with van der Waals surface area (Å²) >= 11 is 0. The van der Waals surface area contributed by atoms with E-state index >= 15 is 0 Å². The van der Waals surface area contributed by atoms with Crippen LogP contribution in [0.2, 0.25) is 0 Å². The Morgan fingerprint density at radius 3 is 2.84 bits per heavy atom. The molecule has 3 aromatic rings. The van der Waals surface area contributed by atoms with Crippen molar-refractivity contribution in [1.82, 2.24) is 19.3 Å². The van der Waals surface area contributed by atoms with Crippen LogP contribution in [0.1, 0.15) is 44.3 Å². The smallest absolute Gasteiger partial charge is 0.204 e. The number of aliphatic hydroxyl groups excluding tert-OH is 1. The number of benzene rings is 1. The summed E-state index contributed by atoms with van der Waals surface area (Å²) in [5.74, 6) is 0.775. The first-order valence-corrected chi connectivity index (χ1v) is 9.12. The lowest BCUT2D eigenvalue weighted by Crippen LogP contribution is -2.18. The summed E-state index contributed by atoms with van der Waals surface area (Å²) in [4.78, 5) is 4.67. The fourth-order valence-corrected chi connectivity index (χ4v) is 3.61. The number of aliphatic hydroxyl groups is 1. The van der Waals surface area contributed by atoms with Gasteiger partial charge in [0.15, 0.2) is 0 Å². The molecular formula is C19H25N5O. The molecule has 0 spiro atoms. The van der Waals surface area contributed by atoms with E-state index in [0.717, 1.165) is 22.7 Å². The Bertz CT molecular complexity index is 844. The van der Waals surface area contributed by atoms with Crippen LogP contribution in [-0.4, -0.2) is 37.1 Å². The van der Waals surface area contributed by atoms with Gasteiger partial charge < -0.3 is 15.0 Å². The Morgan fingerprint density at radius 2 is 2.04 bits per heavy atom. The molecule has 1 fully saturated rings. The zero-order chi connectivity index (χ0) is 17.2. The van der Waals surface area contributed by atoms with E-state index in [2.05, 4.69) is 37.9 Å². The summed E-state index contributed by atoms with van der Waals surface area (Å²) in [7, 11) is 0. The minimum atomic E-state index is -0.421. The molecule has 0 bridgehead atoms. The predicted molar refractivity (Wildman–Crippen MR) is 98.7 cm³/mol. The number of nitrogens with zero attached hydrogens (tertiary/aromatic N) is 4. The maximum atomic E-state index is 9.58. The molecule has 2 heterocycles. The molecule has 0 aliphatic heterocycles. The number of imidazole rings is 1.